The molecule has 0 amide bonds. The molecule has 0 aromatic carbocycles. The van der Waals surface area contributed by atoms with Crippen molar-refractivity contribution in [1.82, 2.24) is 5.32 Å². The normalized spacial score (nSPS) is 29.5. The van der Waals surface area contributed by atoms with E-state index in [4.69, 9.17) is 0 Å². The SMILES string of the molecule is CCCCC1CCCC1NCC. The van der Waals surface area contributed by atoms with Crippen molar-refractivity contribution in [3.63, 3.8) is 0 Å². The third kappa shape index (κ3) is 2.78. The lowest BCUT2D eigenvalue weighted by atomic mass is 9.97. The van der Waals surface area contributed by atoms with Crippen LogP contribution in [0.4, 0.5) is 0 Å². The van der Waals surface area contributed by atoms with E-state index >= 15 is 0 Å². The zero-order valence-corrected chi connectivity index (χ0v) is 8.60. The summed E-state index contributed by atoms with van der Waals surface area (Å²) in [5.74, 6) is 0.991. The molecule has 0 saturated heterocycles. The van der Waals surface area contributed by atoms with E-state index in [0.29, 0.717) is 0 Å². The molecular formula is C11H23N. The van der Waals surface area contributed by atoms with Gasteiger partial charge in [-0.25, -0.2) is 0 Å². The second-order valence-electron chi connectivity index (χ2n) is 4.00. The monoisotopic (exact) mass is 169 g/mol. The largest absolute Gasteiger partial charge is 0.314 e. The average molecular weight is 169 g/mol. The Balaban J connectivity index is 2.20. The van der Waals surface area contributed by atoms with Gasteiger partial charge in [-0.3, -0.25) is 0 Å². The van der Waals surface area contributed by atoms with Gasteiger partial charge in [0.25, 0.3) is 0 Å². The average Bonchev–Trinajstić information content (AvgIpc) is 2.50. The summed E-state index contributed by atoms with van der Waals surface area (Å²) in [4.78, 5) is 0. The van der Waals surface area contributed by atoms with Crippen molar-refractivity contribution in [2.24, 2.45) is 5.92 Å². The van der Waals surface area contributed by atoms with Gasteiger partial charge >= 0.3 is 0 Å². The summed E-state index contributed by atoms with van der Waals surface area (Å²) in [5, 5.41) is 3.60. The number of unbranched alkanes of at least 4 members (excludes halogenated alkanes) is 1. The second kappa shape index (κ2) is 5.58. The fraction of sp³-hybridized carbons (Fsp3) is 1.00. The van der Waals surface area contributed by atoms with Gasteiger partial charge in [-0.1, -0.05) is 33.1 Å². The summed E-state index contributed by atoms with van der Waals surface area (Å²) in [6.07, 6.45) is 8.57. The van der Waals surface area contributed by atoms with Crippen LogP contribution in [0.2, 0.25) is 0 Å². The molecule has 2 atom stereocenters. The first-order valence-electron chi connectivity index (χ1n) is 5.61. The Bertz CT molecular complexity index is 112. The fourth-order valence-corrected chi connectivity index (χ4v) is 2.38. The third-order valence-corrected chi connectivity index (χ3v) is 3.05. The van der Waals surface area contributed by atoms with E-state index < -0.39 is 0 Å². The molecule has 1 saturated carbocycles. The molecule has 2 unspecified atom stereocenters. The maximum Gasteiger partial charge on any atom is 0.00952 e. The minimum atomic E-state index is 0.849. The predicted octanol–water partition coefficient (Wildman–Crippen LogP) is 2.95. The highest BCUT2D eigenvalue weighted by Crippen LogP contribution is 2.29. The molecule has 1 aliphatic rings. The molecule has 0 heterocycles. The molecular weight excluding hydrogens is 146 g/mol. The smallest absolute Gasteiger partial charge is 0.00952 e. The van der Waals surface area contributed by atoms with E-state index in [1.54, 1.807) is 0 Å². The highest BCUT2D eigenvalue weighted by atomic mass is 14.9. The van der Waals surface area contributed by atoms with Crippen molar-refractivity contribution >= 4 is 0 Å². The topological polar surface area (TPSA) is 12.0 Å². The number of hydrogen-bond donors (Lipinski definition) is 1. The number of hydrogen-bond acceptors (Lipinski definition) is 1. The first-order chi connectivity index (χ1) is 5.88. The third-order valence-electron chi connectivity index (χ3n) is 3.05. The van der Waals surface area contributed by atoms with Crippen LogP contribution in [0.3, 0.4) is 0 Å². The van der Waals surface area contributed by atoms with E-state index in [1.807, 2.05) is 0 Å². The zero-order valence-electron chi connectivity index (χ0n) is 8.60. The first-order valence-corrected chi connectivity index (χ1v) is 5.61. The van der Waals surface area contributed by atoms with Crippen molar-refractivity contribution in [2.75, 3.05) is 6.54 Å². The van der Waals surface area contributed by atoms with E-state index in [-0.39, 0.29) is 0 Å². The number of nitrogens with one attached hydrogen (secondary N) is 1. The molecule has 0 aliphatic heterocycles. The Morgan fingerprint density at radius 2 is 2.08 bits per heavy atom. The molecule has 12 heavy (non-hydrogen) atoms. The molecule has 1 rings (SSSR count). The lowest BCUT2D eigenvalue weighted by Gasteiger charge is -2.19. The first kappa shape index (κ1) is 10.0. The summed E-state index contributed by atoms with van der Waals surface area (Å²) in [5.41, 5.74) is 0. The molecule has 1 nitrogen and oxygen atoms in total. The molecule has 0 spiro atoms. The van der Waals surface area contributed by atoms with Crippen LogP contribution in [0.15, 0.2) is 0 Å². The van der Waals surface area contributed by atoms with Crippen LogP contribution < -0.4 is 5.32 Å². The maximum absolute atomic E-state index is 3.60. The Morgan fingerprint density at radius 1 is 1.25 bits per heavy atom. The molecule has 1 N–H and O–H groups in total. The molecule has 0 aromatic heterocycles. The minimum absolute atomic E-state index is 0.849. The van der Waals surface area contributed by atoms with Crippen LogP contribution in [0, 0.1) is 5.92 Å². The van der Waals surface area contributed by atoms with Gasteiger partial charge in [-0.15, -0.1) is 0 Å². The van der Waals surface area contributed by atoms with Crippen molar-refractivity contribution in [3.8, 4) is 0 Å². The lowest BCUT2D eigenvalue weighted by molar-refractivity contribution is 0.376. The Hall–Kier alpha value is -0.0400. The summed E-state index contributed by atoms with van der Waals surface area (Å²) >= 11 is 0. The van der Waals surface area contributed by atoms with Gasteiger partial charge in [-0.2, -0.15) is 0 Å². The minimum Gasteiger partial charge on any atom is -0.314 e. The van der Waals surface area contributed by atoms with Crippen LogP contribution in [0.1, 0.15) is 52.4 Å². The van der Waals surface area contributed by atoms with Crippen molar-refractivity contribution < 1.29 is 0 Å². The van der Waals surface area contributed by atoms with Gasteiger partial charge in [0.15, 0.2) is 0 Å². The summed E-state index contributed by atoms with van der Waals surface area (Å²) < 4.78 is 0. The van der Waals surface area contributed by atoms with E-state index in [9.17, 15) is 0 Å². The summed E-state index contributed by atoms with van der Waals surface area (Å²) in [6.45, 7) is 5.65. The number of rotatable bonds is 5. The van der Waals surface area contributed by atoms with Crippen LogP contribution >= 0.6 is 0 Å². The Morgan fingerprint density at radius 3 is 2.75 bits per heavy atom. The molecule has 72 valence electrons. The predicted molar refractivity (Wildman–Crippen MR) is 54.3 cm³/mol. The molecule has 0 bridgehead atoms. The Labute approximate surface area is 76.9 Å². The van der Waals surface area contributed by atoms with Crippen molar-refractivity contribution in [3.05, 3.63) is 0 Å². The van der Waals surface area contributed by atoms with Gasteiger partial charge in [0, 0.05) is 6.04 Å². The standard InChI is InChI=1S/C11H23N/c1-3-5-7-10-8-6-9-11(10)12-4-2/h10-12H,3-9H2,1-2H3. The van der Waals surface area contributed by atoms with Crippen LogP contribution in [0.5, 0.6) is 0 Å². The van der Waals surface area contributed by atoms with Crippen molar-refractivity contribution in [1.29, 1.82) is 0 Å². The van der Waals surface area contributed by atoms with E-state index in [2.05, 4.69) is 19.2 Å². The van der Waals surface area contributed by atoms with Gasteiger partial charge < -0.3 is 5.32 Å². The molecule has 0 aromatic rings. The zero-order chi connectivity index (χ0) is 8.81. The molecule has 1 heteroatoms. The van der Waals surface area contributed by atoms with Crippen LogP contribution in [0.25, 0.3) is 0 Å². The van der Waals surface area contributed by atoms with Gasteiger partial charge in [0.2, 0.25) is 0 Å². The van der Waals surface area contributed by atoms with Gasteiger partial charge in [0.05, 0.1) is 0 Å². The van der Waals surface area contributed by atoms with E-state index in [1.165, 1.54) is 38.5 Å². The molecule has 1 aliphatic carbocycles. The Kier molecular flexibility index (Phi) is 4.67. The fourth-order valence-electron chi connectivity index (χ4n) is 2.38. The van der Waals surface area contributed by atoms with Gasteiger partial charge in [0.1, 0.15) is 0 Å². The summed E-state index contributed by atoms with van der Waals surface area (Å²) in [6, 6.07) is 0.849. The van der Waals surface area contributed by atoms with E-state index in [0.717, 1.165) is 18.5 Å². The maximum atomic E-state index is 3.60. The quantitative estimate of drug-likeness (QED) is 0.667. The highest BCUT2D eigenvalue weighted by Gasteiger charge is 2.25. The second-order valence-corrected chi connectivity index (χ2v) is 4.00. The lowest BCUT2D eigenvalue weighted by Crippen LogP contribution is -2.31. The molecule has 0 radical (unpaired) electrons. The summed E-state index contributed by atoms with van der Waals surface area (Å²) in [7, 11) is 0. The van der Waals surface area contributed by atoms with Crippen LogP contribution in [-0.2, 0) is 0 Å². The van der Waals surface area contributed by atoms with Crippen LogP contribution in [-0.4, -0.2) is 12.6 Å². The molecule has 1 fully saturated rings. The van der Waals surface area contributed by atoms with Gasteiger partial charge in [-0.05, 0) is 31.7 Å². The van der Waals surface area contributed by atoms with Crippen molar-refractivity contribution in [2.45, 2.75) is 58.4 Å². The highest BCUT2D eigenvalue weighted by molar-refractivity contribution is 4.82.